The lowest BCUT2D eigenvalue weighted by atomic mass is 9.94. The van der Waals surface area contributed by atoms with E-state index >= 15 is 0 Å². The molecule has 0 saturated heterocycles. The molecule has 1 atom stereocenters. The normalized spacial score (nSPS) is 25.0. The summed E-state index contributed by atoms with van der Waals surface area (Å²) in [6.45, 7) is 8.60. The Balaban J connectivity index is 1.87. The molecule has 0 saturated carbocycles. The van der Waals surface area contributed by atoms with Gasteiger partial charge >= 0.3 is 0 Å². The highest BCUT2D eigenvalue weighted by Crippen LogP contribution is 2.29. The Morgan fingerprint density at radius 2 is 1.54 bits per heavy atom. The zero-order chi connectivity index (χ0) is 19.5. The summed E-state index contributed by atoms with van der Waals surface area (Å²) >= 11 is 0. The third kappa shape index (κ3) is 2.56. The molecule has 5 rings (SSSR count). The van der Waals surface area contributed by atoms with Gasteiger partial charge in [0.2, 0.25) is 0 Å². The highest BCUT2D eigenvalue weighted by molar-refractivity contribution is 6.25. The van der Waals surface area contributed by atoms with E-state index in [4.69, 9.17) is 4.99 Å². The van der Waals surface area contributed by atoms with Crippen LogP contribution in [0.25, 0.3) is 22.8 Å². The van der Waals surface area contributed by atoms with Crippen molar-refractivity contribution in [2.75, 3.05) is 0 Å². The van der Waals surface area contributed by atoms with Crippen LogP contribution in [0, 0.1) is 0 Å². The molecule has 0 aliphatic carbocycles. The maximum atomic E-state index is 5.08. The number of allylic oxidation sites excluding steroid dienone is 1. The summed E-state index contributed by atoms with van der Waals surface area (Å²) in [6, 6.07) is 12.8. The third-order valence-corrected chi connectivity index (χ3v) is 6.09. The van der Waals surface area contributed by atoms with Crippen LogP contribution in [0.2, 0.25) is 0 Å². The van der Waals surface area contributed by atoms with Gasteiger partial charge in [-0.1, -0.05) is 6.08 Å². The zero-order valence-corrected chi connectivity index (χ0v) is 16.6. The minimum absolute atomic E-state index is 0.342. The first-order valence-electron chi connectivity index (χ1n) is 9.67. The van der Waals surface area contributed by atoms with Crippen LogP contribution < -0.4 is 21.4 Å². The highest BCUT2D eigenvalue weighted by Gasteiger charge is 2.28. The van der Waals surface area contributed by atoms with E-state index < -0.39 is 0 Å². The molecular weight excluding hydrogens is 344 g/mol. The van der Waals surface area contributed by atoms with Gasteiger partial charge in [0.25, 0.3) is 0 Å². The average Bonchev–Trinajstić information content (AvgIpc) is 3.46. The molecule has 28 heavy (non-hydrogen) atoms. The third-order valence-electron chi connectivity index (χ3n) is 6.09. The number of nitrogens with one attached hydrogen (secondary N) is 3. The molecule has 4 heteroatoms. The fourth-order valence-corrected chi connectivity index (χ4v) is 3.97. The van der Waals surface area contributed by atoms with Crippen molar-refractivity contribution < 1.29 is 0 Å². The predicted octanol–water partition coefficient (Wildman–Crippen LogP) is 1.84. The van der Waals surface area contributed by atoms with Crippen LogP contribution in [0.1, 0.15) is 39.1 Å². The molecule has 0 spiro atoms. The molecule has 3 aromatic rings. The van der Waals surface area contributed by atoms with Crippen LogP contribution in [-0.4, -0.2) is 26.2 Å². The molecular formula is C24H24N4. The van der Waals surface area contributed by atoms with Gasteiger partial charge in [0.1, 0.15) is 0 Å². The van der Waals surface area contributed by atoms with E-state index in [-0.39, 0.29) is 5.54 Å². The number of hydrogen-bond acceptors (Lipinski definition) is 1. The van der Waals surface area contributed by atoms with Gasteiger partial charge in [-0.05, 0) is 93.0 Å². The first kappa shape index (κ1) is 16.9. The van der Waals surface area contributed by atoms with Crippen LogP contribution in [0.3, 0.4) is 0 Å². The second-order valence-corrected chi connectivity index (χ2v) is 7.94. The SMILES string of the molecule is CC1=c2ccc([nH]2)=Cc2ccc([nH]2)/C(C)=c2/cc/c([nH]2)=C(\C)C2(C)C=CC1=N2. The Labute approximate surface area is 163 Å². The Morgan fingerprint density at radius 3 is 2.39 bits per heavy atom. The van der Waals surface area contributed by atoms with Gasteiger partial charge in [0, 0.05) is 32.8 Å². The Kier molecular flexibility index (Phi) is 3.53. The Bertz CT molecular complexity index is 1400. The van der Waals surface area contributed by atoms with Gasteiger partial charge in [0.05, 0.1) is 11.3 Å². The molecule has 8 bridgehead atoms. The van der Waals surface area contributed by atoms with Crippen molar-refractivity contribution in [1.82, 2.24) is 15.0 Å². The number of rotatable bonds is 0. The predicted molar refractivity (Wildman–Crippen MR) is 116 cm³/mol. The van der Waals surface area contributed by atoms with E-state index in [0.717, 1.165) is 44.1 Å². The highest BCUT2D eigenvalue weighted by atomic mass is 14.9. The first-order chi connectivity index (χ1) is 13.4. The molecule has 0 amide bonds. The van der Waals surface area contributed by atoms with Crippen LogP contribution >= 0.6 is 0 Å². The molecule has 2 aliphatic rings. The summed E-state index contributed by atoms with van der Waals surface area (Å²) in [5, 5.41) is 4.41. The smallest absolute Gasteiger partial charge is 0.1000 e. The maximum Gasteiger partial charge on any atom is 0.1000 e. The van der Waals surface area contributed by atoms with Gasteiger partial charge in [0.15, 0.2) is 0 Å². The van der Waals surface area contributed by atoms with Gasteiger partial charge in [-0.25, -0.2) is 0 Å². The first-order valence-corrected chi connectivity index (χ1v) is 9.67. The molecule has 3 aromatic heterocycles. The average molecular weight is 368 g/mol. The lowest BCUT2D eigenvalue weighted by Crippen LogP contribution is -2.26. The van der Waals surface area contributed by atoms with Crippen molar-refractivity contribution in [2.24, 2.45) is 4.99 Å². The van der Waals surface area contributed by atoms with E-state index in [0.29, 0.717) is 0 Å². The van der Waals surface area contributed by atoms with Crippen molar-refractivity contribution in [1.29, 1.82) is 0 Å². The number of aromatic nitrogens is 3. The van der Waals surface area contributed by atoms with Gasteiger partial charge in [-0.3, -0.25) is 4.99 Å². The molecule has 0 radical (unpaired) electrons. The van der Waals surface area contributed by atoms with Gasteiger partial charge in [-0.2, -0.15) is 0 Å². The second kappa shape index (κ2) is 5.86. The van der Waals surface area contributed by atoms with Crippen LogP contribution in [0.15, 0.2) is 53.5 Å². The van der Waals surface area contributed by atoms with E-state index in [2.05, 4.69) is 97.3 Å². The summed E-state index contributed by atoms with van der Waals surface area (Å²) in [7, 11) is 0. The van der Waals surface area contributed by atoms with Crippen LogP contribution in [0.5, 0.6) is 0 Å². The number of aliphatic imine (C=N–C) groups is 1. The number of hydrogen-bond donors (Lipinski definition) is 3. The Hall–Kier alpha value is -3.27. The number of aromatic amines is 3. The quantitative estimate of drug-likeness (QED) is 0.542. The van der Waals surface area contributed by atoms with Gasteiger partial charge < -0.3 is 15.0 Å². The van der Waals surface area contributed by atoms with Crippen molar-refractivity contribution >= 4 is 28.5 Å². The monoisotopic (exact) mass is 368 g/mol. The van der Waals surface area contributed by atoms with Crippen LogP contribution in [0.4, 0.5) is 0 Å². The summed E-state index contributed by atoms with van der Waals surface area (Å²) in [5.74, 6) is 0. The molecule has 0 fully saturated rings. The molecule has 0 aromatic carbocycles. The van der Waals surface area contributed by atoms with Crippen LogP contribution in [-0.2, 0) is 0 Å². The Morgan fingerprint density at radius 1 is 0.786 bits per heavy atom. The standard InChI is InChI=1S/C24H24N4/c1-14-19-7-5-17(25-19)13-18-6-8-20(26-18)15(2)22-11-12-24(4,28-22)16(3)23-10-9-21(14)27-23/h5-13,25-27H,1-4H3/b18-13?,20-15?,21-14-,23-16-. The van der Waals surface area contributed by atoms with E-state index in [9.17, 15) is 0 Å². The van der Waals surface area contributed by atoms with Crippen molar-refractivity contribution in [3.8, 4) is 0 Å². The van der Waals surface area contributed by atoms with E-state index in [1.165, 1.54) is 11.1 Å². The minimum atomic E-state index is -0.342. The fourth-order valence-electron chi connectivity index (χ4n) is 3.97. The van der Waals surface area contributed by atoms with E-state index in [1.54, 1.807) is 0 Å². The van der Waals surface area contributed by atoms with Crippen molar-refractivity contribution in [3.63, 3.8) is 0 Å². The molecule has 5 heterocycles. The second-order valence-electron chi connectivity index (χ2n) is 7.94. The summed E-state index contributed by atoms with van der Waals surface area (Å²) in [6.07, 6.45) is 6.47. The van der Waals surface area contributed by atoms with E-state index in [1.807, 2.05) is 0 Å². The number of nitrogens with zero attached hydrogens (tertiary/aromatic N) is 1. The maximum absolute atomic E-state index is 5.08. The van der Waals surface area contributed by atoms with Crippen molar-refractivity contribution in [2.45, 2.75) is 33.2 Å². The zero-order valence-electron chi connectivity index (χ0n) is 16.6. The molecule has 2 aliphatic heterocycles. The van der Waals surface area contributed by atoms with Gasteiger partial charge in [-0.15, -0.1) is 0 Å². The molecule has 3 N–H and O–H groups in total. The summed E-state index contributed by atoms with van der Waals surface area (Å²) in [5.41, 5.74) is 6.44. The lowest BCUT2D eigenvalue weighted by Gasteiger charge is -2.19. The topological polar surface area (TPSA) is 59.7 Å². The minimum Gasteiger partial charge on any atom is -0.355 e. The molecule has 1 unspecified atom stereocenters. The number of H-pyrrole nitrogens is 3. The van der Waals surface area contributed by atoms with Crippen molar-refractivity contribution in [3.05, 3.63) is 81.3 Å². The lowest BCUT2D eigenvalue weighted by molar-refractivity contribution is 0.760. The summed E-state index contributed by atoms with van der Waals surface area (Å²) in [4.78, 5) is 15.7. The molecule has 140 valence electrons. The number of fused-ring (bicyclic) bond motifs is 7. The molecule has 4 nitrogen and oxygen atoms in total. The fraction of sp³-hybridized carbons (Fsp3) is 0.208. The largest absolute Gasteiger partial charge is 0.355 e. The summed E-state index contributed by atoms with van der Waals surface area (Å²) < 4.78 is 0.